The molecule has 0 bridgehead atoms. The van der Waals surface area contributed by atoms with Gasteiger partial charge in [-0.3, -0.25) is 25.2 Å². The highest BCUT2D eigenvalue weighted by Crippen LogP contribution is 2.45. The second-order valence-electron chi connectivity index (χ2n) is 10.6. The fourth-order valence-electron chi connectivity index (χ4n) is 5.82. The van der Waals surface area contributed by atoms with Gasteiger partial charge in [-0.1, -0.05) is 17.8 Å². The lowest BCUT2D eigenvalue weighted by Crippen LogP contribution is -2.29. The van der Waals surface area contributed by atoms with Gasteiger partial charge >= 0.3 is 0 Å². The first-order chi connectivity index (χ1) is 22.2. The van der Waals surface area contributed by atoms with Crippen molar-refractivity contribution in [3.8, 4) is 11.4 Å². The summed E-state index contributed by atoms with van der Waals surface area (Å²) < 4.78 is 7.15. The number of ether oxygens (including phenoxy) is 1. The maximum Gasteiger partial charge on any atom is 0.296 e. The molecule has 1 aliphatic rings. The smallest absolute Gasteiger partial charge is 0.296 e. The highest BCUT2D eigenvalue weighted by molar-refractivity contribution is 7.99. The van der Waals surface area contributed by atoms with Crippen molar-refractivity contribution in [2.45, 2.75) is 35.7 Å². The SMILES string of the molecule is COc1ccc(-n2c(C)cc(C3C(c4ccccn4)NC(=S)N3c3ccc(Sc4ccc([N+](=O)[O-])cc4)cc3)c2C)c([N+](=O)[O-])c1. The van der Waals surface area contributed by atoms with Crippen LogP contribution in [0.15, 0.2) is 107 Å². The van der Waals surface area contributed by atoms with Crippen LogP contribution in [0, 0.1) is 34.1 Å². The van der Waals surface area contributed by atoms with Crippen molar-refractivity contribution >= 4 is 46.2 Å². The number of anilines is 1. The van der Waals surface area contributed by atoms with Gasteiger partial charge in [0.2, 0.25) is 0 Å². The Labute approximate surface area is 274 Å². The Morgan fingerprint density at radius 2 is 1.61 bits per heavy atom. The monoisotopic (exact) mass is 652 g/mol. The normalized spacial score (nSPS) is 15.9. The Hall–Kier alpha value is -5.27. The predicted molar refractivity (Wildman–Crippen MR) is 180 cm³/mol. The summed E-state index contributed by atoms with van der Waals surface area (Å²) in [6.07, 6.45) is 1.74. The molecule has 13 heteroatoms. The third kappa shape index (κ3) is 5.77. The minimum absolute atomic E-state index is 0.0456. The summed E-state index contributed by atoms with van der Waals surface area (Å²) in [5.74, 6) is 0.403. The summed E-state index contributed by atoms with van der Waals surface area (Å²) in [5, 5.41) is 27.1. The van der Waals surface area contributed by atoms with Gasteiger partial charge in [0.1, 0.15) is 11.4 Å². The van der Waals surface area contributed by atoms with Crippen LogP contribution < -0.4 is 15.0 Å². The number of hydrogen-bond acceptors (Lipinski definition) is 8. The fraction of sp³-hybridized carbons (Fsp3) is 0.152. The van der Waals surface area contributed by atoms with E-state index < -0.39 is 9.85 Å². The van der Waals surface area contributed by atoms with E-state index in [-0.39, 0.29) is 23.5 Å². The Bertz CT molecular complexity index is 1950. The minimum Gasteiger partial charge on any atom is -0.496 e. The fourth-order valence-corrected chi connectivity index (χ4v) is 6.98. The molecule has 0 saturated carbocycles. The van der Waals surface area contributed by atoms with Crippen LogP contribution in [-0.4, -0.2) is 31.6 Å². The standard InChI is InChI=1S/C33H28N6O5S2/c1-20-18-27(21(2)36(20)29-16-11-24(44-3)19-30(29)39(42)43)32-31(28-6-4-5-17-34-28)35-33(45)37(32)22-7-12-25(13-8-22)46-26-14-9-23(10-15-26)38(40)41/h4-19,31-32H,1-3H3,(H,35,45). The maximum atomic E-state index is 12.1. The number of nitrogens with one attached hydrogen (secondary N) is 1. The Balaban J connectivity index is 1.40. The molecule has 0 amide bonds. The number of methoxy groups -OCH3 is 1. The van der Waals surface area contributed by atoms with Gasteiger partial charge in [-0.2, -0.15) is 0 Å². The minimum atomic E-state index is -0.416. The van der Waals surface area contributed by atoms with E-state index in [9.17, 15) is 20.2 Å². The first-order valence-corrected chi connectivity index (χ1v) is 15.4. The van der Waals surface area contributed by atoms with E-state index in [0.717, 1.165) is 38.1 Å². The quantitative estimate of drug-likeness (QED) is 0.0963. The van der Waals surface area contributed by atoms with Gasteiger partial charge < -0.3 is 19.5 Å². The van der Waals surface area contributed by atoms with Gasteiger partial charge in [-0.25, -0.2) is 0 Å². The molecule has 2 unspecified atom stereocenters. The van der Waals surface area contributed by atoms with E-state index in [1.165, 1.54) is 37.1 Å². The van der Waals surface area contributed by atoms with Crippen LogP contribution in [0.4, 0.5) is 17.1 Å². The lowest BCUT2D eigenvalue weighted by molar-refractivity contribution is -0.385. The van der Waals surface area contributed by atoms with Gasteiger partial charge in [0.05, 0.1) is 40.8 Å². The molecular weight excluding hydrogens is 625 g/mol. The molecule has 0 aliphatic carbocycles. The molecule has 0 spiro atoms. The molecule has 0 radical (unpaired) electrons. The molecule has 1 aliphatic heterocycles. The molecule has 46 heavy (non-hydrogen) atoms. The van der Waals surface area contributed by atoms with Crippen LogP contribution in [0.3, 0.4) is 0 Å². The highest BCUT2D eigenvalue weighted by Gasteiger charge is 2.42. The zero-order valence-electron chi connectivity index (χ0n) is 25.0. The highest BCUT2D eigenvalue weighted by atomic mass is 32.2. The molecule has 2 atom stereocenters. The van der Waals surface area contributed by atoms with E-state index in [1.54, 1.807) is 30.5 Å². The molecule has 2 aromatic heterocycles. The Morgan fingerprint density at radius 1 is 0.913 bits per heavy atom. The first kappa shape index (κ1) is 30.7. The molecule has 11 nitrogen and oxygen atoms in total. The molecule has 232 valence electrons. The van der Waals surface area contributed by atoms with Crippen LogP contribution in [-0.2, 0) is 0 Å². The number of rotatable bonds is 9. The molecule has 1 fully saturated rings. The summed E-state index contributed by atoms with van der Waals surface area (Å²) in [6, 6.07) is 26.4. The van der Waals surface area contributed by atoms with Crippen molar-refractivity contribution in [3.05, 3.63) is 140 Å². The number of nitro benzene ring substituents is 2. The van der Waals surface area contributed by atoms with Gasteiger partial charge in [0.25, 0.3) is 11.4 Å². The van der Waals surface area contributed by atoms with E-state index in [4.69, 9.17) is 17.0 Å². The van der Waals surface area contributed by atoms with Crippen molar-refractivity contribution in [2.24, 2.45) is 0 Å². The Kier molecular flexibility index (Phi) is 8.43. The number of thiocarbonyl (C=S) groups is 1. The number of pyridine rings is 1. The Morgan fingerprint density at radius 3 is 2.22 bits per heavy atom. The third-order valence-electron chi connectivity index (χ3n) is 7.91. The zero-order valence-corrected chi connectivity index (χ0v) is 26.6. The van der Waals surface area contributed by atoms with Crippen LogP contribution in [0.5, 0.6) is 5.75 Å². The summed E-state index contributed by atoms with van der Waals surface area (Å²) in [7, 11) is 1.48. The number of benzene rings is 3. The number of aryl methyl sites for hydroxylation is 1. The van der Waals surface area contributed by atoms with Gasteiger partial charge in [-0.15, -0.1) is 0 Å². The number of aromatic nitrogens is 2. The zero-order chi connectivity index (χ0) is 32.5. The number of nitrogens with zero attached hydrogens (tertiary/aromatic N) is 5. The van der Waals surface area contributed by atoms with Gasteiger partial charge in [0, 0.05) is 45.2 Å². The average molecular weight is 653 g/mol. The molecule has 5 aromatic rings. The van der Waals surface area contributed by atoms with Gasteiger partial charge in [-0.05, 0) is 98.4 Å². The predicted octanol–water partition coefficient (Wildman–Crippen LogP) is 7.64. The van der Waals surface area contributed by atoms with Crippen LogP contribution in [0.25, 0.3) is 5.69 Å². The first-order valence-electron chi connectivity index (χ1n) is 14.2. The molecule has 6 rings (SSSR count). The number of nitro groups is 2. The molecule has 1 N–H and O–H groups in total. The molecule has 1 saturated heterocycles. The van der Waals surface area contributed by atoms with Crippen molar-refractivity contribution in [1.82, 2.24) is 14.9 Å². The maximum absolute atomic E-state index is 12.1. The van der Waals surface area contributed by atoms with Crippen molar-refractivity contribution < 1.29 is 14.6 Å². The summed E-state index contributed by atoms with van der Waals surface area (Å²) >= 11 is 7.42. The van der Waals surface area contributed by atoms with E-state index in [1.807, 2.05) is 66.9 Å². The third-order valence-corrected chi connectivity index (χ3v) is 9.24. The van der Waals surface area contributed by atoms with Crippen LogP contribution in [0.1, 0.15) is 34.7 Å². The van der Waals surface area contributed by atoms with Crippen LogP contribution >= 0.6 is 24.0 Å². The topological polar surface area (TPSA) is 129 Å². The van der Waals surface area contributed by atoms with Crippen LogP contribution in [0.2, 0.25) is 0 Å². The van der Waals surface area contributed by atoms with Gasteiger partial charge in [0.15, 0.2) is 5.11 Å². The van der Waals surface area contributed by atoms with Crippen molar-refractivity contribution in [3.63, 3.8) is 0 Å². The van der Waals surface area contributed by atoms with Crippen molar-refractivity contribution in [1.29, 1.82) is 0 Å². The van der Waals surface area contributed by atoms with E-state index in [2.05, 4.69) is 15.2 Å². The number of hydrogen-bond donors (Lipinski definition) is 1. The largest absolute Gasteiger partial charge is 0.496 e. The summed E-state index contributed by atoms with van der Waals surface area (Å²) in [5.41, 5.74) is 4.68. The van der Waals surface area contributed by atoms with E-state index >= 15 is 0 Å². The average Bonchev–Trinajstić information content (AvgIpc) is 3.56. The second-order valence-corrected chi connectivity index (χ2v) is 12.2. The number of non-ortho nitro benzene ring substituents is 1. The van der Waals surface area contributed by atoms with E-state index in [0.29, 0.717) is 16.5 Å². The second kappa shape index (κ2) is 12.6. The lowest BCUT2D eigenvalue weighted by Gasteiger charge is -2.28. The molecular formula is C33H28N6O5S2. The lowest BCUT2D eigenvalue weighted by atomic mass is 9.96. The molecule has 3 aromatic carbocycles. The van der Waals surface area contributed by atoms with Crippen molar-refractivity contribution in [2.75, 3.05) is 12.0 Å². The molecule has 3 heterocycles. The summed E-state index contributed by atoms with van der Waals surface area (Å²) in [4.78, 5) is 30.9. The summed E-state index contributed by atoms with van der Waals surface area (Å²) in [6.45, 7) is 3.88.